The Balaban J connectivity index is 1.22. The molecule has 0 bridgehead atoms. The fourth-order valence-corrected chi connectivity index (χ4v) is 4.35. The van der Waals surface area contributed by atoms with Gasteiger partial charge in [0, 0.05) is 62.9 Å². The number of piperazine rings is 1. The van der Waals surface area contributed by atoms with Crippen molar-refractivity contribution in [3.8, 4) is 0 Å². The second-order valence-electron chi connectivity index (χ2n) is 8.12. The van der Waals surface area contributed by atoms with Crippen LogP contribution < -0.4 is 0 Å². The third-order valence-electron chi connectivity index (χ3n) is 6.12. The Labute approximate surface area is 179 Å². The third kappa shape index (κ3) is 5.40. The monoisotopic (exact) mass is 433 g/mol. The fourth-order valence-electron chi connectivity index (χ4n) is 4.35. The van der Waals surface area contributed by atoms with Crippen LogP contribution in [-0.4, -0.2) is 75.9 Å². The molecule has 1 amide bonds. The van der Waals surface area contributed by atoms with Crippen LogP contribution in [0.1, 0.15) is 34.5 Å². The molecule has 0 spiro atoms. The van der Waals surface area contributed by atoms with Crippen molar-refractivity contribution >= 4 is 5.91 Å². The molecule has 2 saturated heterocycles. The number of alkyl halides is 3. The van der Waals surface area contributed by atoms with Gasteiger partial charge in [0.1, 0.15) is 5.69 Å². The summed E-state index contributed by atoms with van der Waals surface area (Å²) in [7, 11) is 0. The van der Waals surface area contributed by atoms with Gasteiger partial charge < -0.3 is 4.90 Å². The van der Waals surface area contributed by atoms with Gasteiger partial charge >= 0.3 is 6.18 Å². The molecule has 4 heterocycles. The van der Waals surface area contributed by atoms with E-state index in [1.54, 1.807) is 24.5 Å². The van der Waals surface area contributed by atoms with Crippen molar-refractivity contribution in [3.63, 3.8) is 0 Å². The van der Waals surface area contributed by atoms with Gasteiger partial charge in [-0.25, -0.2) is 0 Å². The van der Waals surface area contributed by atoms with Crippen LogP contribution in [0.15, 0.2) is 42.9 Å². The lowest BCUT2D eigenvalue weighted by Crippen LogP contribution is -2.54. The number of amides is 1. The largest absolute Gasteiger partial charge is 0.433 e. The minimum atomic E-state index is -4.40. The van der Waals surface area contributed by atoms with Crippen LogP contribution in [0.5, 0.6) is 0 Å². The molecule has 2 aliphatic rings. The number of hydrogen-bond acceptors (Lipinski definition) is 5. The maximum Gasteiger partial charge on any atom is 0.433 e. The number of carbonyl (C=O) groups is 1. The number of likely N-dealkylation sites (tertiary alicyclic amines) is 1. The molecule has 4 rings (SSSR count). The summed E-state index contributed by atoms with van der Waals surface area (Å²) in [5.74, 6) is 0.0574. The van der Waals surface area contributed by atoms with Crippen LogP contribution in [0.3, 0.4) is 0 Å². The van der Waals surface area contributed by atoms with Gasteiger partial charge in [-0.3, -0.25) is 24.6 Å². The molecular weight excluding hydrogens is 407 g/mol. The molecule has 2 fully saturated rings. The molecule has 9 heteroatoms. The summed E-state index contributed by atoms with van der Waals surface area (Å²) in [5.41, 5.74) is 0.626. The number of carbonyl (C=O) groups excluding carboxylic acids is 1. The molecule has 0 radical (unpaired) electrons. The molecule has 2 aromatic heterocycles. The van der Waals surface area contributed by atoms with Crippen molar-refractivity contribution in [1.29, 1.82) is 0 Å². The van der Waals surface area contributed by atoms with Crippen LogP contribution in [0.4, 0.5) is 13.2 Å². The van der Waals surface area contributed by atoms with E-state index in [-0.39, 0.29) is 5.91 Å². The molecule has 166 valence electrons. The first-order valence-electron chi connectivity index (χ1n) is 10.6. The van der Waals surface area contributed by atoms with E-state index in [4.69, 9.17) is 0 Å². The van der Waals surface area contributed by atoms with Gasteiger partial charge in [0.2, 0.25) is 0 Å². The van der Waals surface area contributed by atoms with Crippen LogP contribution in [0.25, 0.3) is 0 Å². The standard InChI is InChI=1S/C22H26F3N5O/c23-22(24,25)20-2-1-17(15-27-20)16-28-9-5-19(6-10-28)29-11-13-30(14-12-29)21(31)18-3-7-26-8-4-18/h1-4,7-8,15,19H,5-6,9-14,16H2. The molecule has 2 aromatic rings. The van der Waals surface area contributed by atoms with E-state index in [2.05, 4.69) is 19.8 Å². The van der Waals surface area contributed by atoms with Crippen molar-refractivity contribution in [2.75, 3.05) is 39.3 Å². The van der Waals surface area contributed by atoms with Crippen molar-refractivity contribution in [2.24, 2.45) is 0 Å². The van der Waals surface area contributed by atoms with Crippen LogP contribution >= 0.6 is 0 Å². The minimum Gasteiger partial charge on any atom is -0.336 e. The molecule has 0 saturated carbocycles. The van der Waals surface area contributed by atoms with Crippen LogP contribution in [-0.2, 0) is 12.7 Å². The summed E-state index contributed by atoms with van der Waals surface area (Å²) in [6.07, 6.45) is 2.24. The average molecular weight is 433 g/mol. The van der Waals surface area contributed by atoms with E-state index >= 15 is 0 Å². The van der Waals surface area contributed by atoms with Crippen molar-refractivity contribution < 1.29 is 18.0 Å². The smallest absolute Gasteiger partial charge is 0.336 e. The predicted octanol–water partition coefficient (Wildman–Crippen LogP) is 2.92. The maximum absolute atomic E-state index is 12.7. The fraction of sp³-hybridized carbons (Fsp3) is 0.500. The highest BCUT2D eigenvalue weighted by molar-refractivity contribution is 5.94. The normalized spacial score (nSPS) is 19.5. The van der Waals surface area contributed by atoms with Gasteiger partial charge in [-0.2, -0.15) is 13.2 Å². The van der Waals surface area contributed by atoms with E-state index in [9.17, 15) is 18.0 Å². The van der Waals surface area contributed by atoms with Crippen molar-refractivity contribution in [1.82, 2.24) is 24.7 Å². The van der Waals surface area contributed by atoms with Crippen molar-refractivity contribution in [2.45, 2.75) is 31.6 Å². The number of halogens is 3. The van der Waals surface area contributed by atoms with Gasteiger partial charge in [-0.1, -0.05) is 6.07 Å². The van der Waals surface area contributed by atoms with Gasteiger partial charge in [0.15, 0.2) is 0 Å². The Hall–Kier alpha value is -2.52. The Bertz CT molecular complexity index is 859. The van der Waals surface area contributed by atoms with E-state index in [0.717, 1.165) is 63.7 Å². The van der Waals surface area contributed by atoms with Crippen LogP contribution in [0.2, 0.25) is 0 Å². The SMILES string of the molecule is O=C(c1ccncc1)N1CCN(C2CCN(Cc3ccc(C(F)(F)F)nc3)CC2)CC1. The maximum atomic E-state index is 12.7. The minimum absolute atomic E-state index is 0.0574. The Morgan fingerprint density at radius 3 is 2.23 bits per heavy atom. The first-order chi connectivity index (χ1) is 14.9. The lowest BCUT2D eigenvalue weighted by Gasteiger charge is -2.42. The molecule has 0 aliphatic carbocycles. The number of nitrogens with zero attached hydrogens (tertiary/aromatic N) is 5. The Morgan fingerprint density at radius 2 is 1.65 bits per heavy atom. The molecule has 0 aromatic carbocycles. The highest BCUT2D eigenvalue weighted by Crippen LogP contribution is 2.27. The van der Waals surface area contributed by atoms with E-state index in [1.165, 1.54) is 12.3 Å². The second kappa shape index (κ2) is 9.32. The number of hydrogen-bond donors (Lipinski definition) is 0. The predicted molar refractivity (Wildman–Crippen MR) is 109 cm³/mol. The Kier molecular flexibility index (Phi) is 6.52. The van der Waals surface area contributed by atoms with Gasteiger partial charge in [0.25, 0.3) is 5.91 Å². The molecule has 0 atom stereocenters. The van der Waals surface area contributed by atoms with Crippen molar-refractivity contribution in [3.05, 3.63) is 59.7 Å². The molecule has 31 heavy (non-hydrogen) atoms. The molecular formula is C22H26F3N5O. The molecule has 2 aliphatic heterocycles. The lowest BCUT2D eigenvalue weighted by molar-refractivity contribution is -0.141. The van der Waals surface area contributed by atoms with E-state index in [0.29, 0.717) is 18.2 Å². The zero-order valence-corrected chi connectivity index (χ0v) is 17.3. The summed E-state index contributed by atoms with van der Waals surface area (Å²) < 4.78 is 38.0. The average Bonchev–Trinajstić information content (AvgIpc) is 2.80. The van der Waals surface area contributed by atoms with E-state index < -0.39 is 11.9 Å². The van der Waals surface area contributed by atoms with E-state index in [1.807, 2.05) is 4.90 Å². The van der Waals surface area contributed by atoms with Gasteiger partial charge in [0.05, 0.1) is 0 Å². The number of piperidine rings is 1. The zero-order valence-electron chi connectivity index (χ0n) is 17.3. The summed E-state index contributed by atoms with van der Waals surface area (Å²) in [6.45, 7) is 5.60. The number of pyridine rings is 2. The number of aromatic nitrogens is 2. The Morgan fingerprint density at radius 1 is 0.968 bits per heavy atom. The third-order valence-corrected chi connectivity index (χ3v) is 6.12. The first-order valence-corrected chi connectivity index (χ1v) is 10.6. The van der Waals surface area contributed by atoms with Crippen LogP contribution in [0, 0.1) is 0 Å². The second-order valence-corrected chi connectivity index (χ2v) is 8.12. The quantitative estimate of drug-likeness (QED) is 0.742. The first kappa shape index (κ1) is 21.7. The lowest BCUT2D eigenvalue weighted by atomic mass is 10.0. The zero-order chi connectivity index (χ0) is 21.8. The summed E-state index contributed by atoms with van der Waals surface area (Å²) in [4.78, 5) is 26.7. The summed E-state index contributed by atoms with van der Waals surface area (Å²) in [5, 5.41) is 0. The summed E-state index contributed by atoms with van der Waals surface area (Å²) >= 11 is 0. The van der Waals surface area contributed by atoms with Gasteiger partial charge in [-0.05, 0) is 49.7 Å². The molecule has 6 nitrogen and oxygen atoms in total. The highest BCUT2D eigenvalue weighted by Gasteiger charge is 2.32. The highest BCUT2D eigenvalue weighted by atomic mass is 19.4. The molecule has 0 N–H and O–H groups in total. The topological polar surface area (TPSA) is 52.6 Å². The molecule has 0 unspecified atom stereocenters. The summed E-state index contributed by atoms with van der Waals surface area (Å²) in [6, 6.07) is 6.54. The number of rotatable bonds is 4. The van der Waals surface area contributed by atoms with Gasteiger partial charge in [-0.15, -0.1) is 0 Å².